The van der Waals surface area contributed by atoms with Crippen LogP contribution in [0.1, 0.15) is 76.7 Å². The van der Waals surface area contributed by atoms with Crippen LogP contribution in [0.5, 0.6) is 0 Å². The molecule has 4 atom stereocenters. The summed E-state index contributed by atoms with van der Waals surface area (Å²) in [6.07, 6.45) is -2.28. The number of halogens is 2. The first-order valence-electron chi connectivity index (χ1n) is 14.8. The normalized spacial score (nSPS) is 15.4. The fraction of sp³-hybridized carbons (Fsp3) is 0.412. The third kappa shape index (κ3) is 9.08. The topological polar surface area (TPSA) is 137 Å². The van der Waals surface area contributed by atoms with E-state index >= 15 is 0 Å². The molecule has 0 aliphatic rings. The Bertz CT molecular complexity index is 1470. The molecule has 0 aliphatic carbocycles. The van der Waals surface area contributed by atoms with Gasteiger partial charge in [0, 0.05) is 11.1 Å². The molecule has 0 amide bonds. The van der Waals surface area contributed by atoms with E-state index in [0.717, 1.165) is 11.1 Å². The molecule has 4 rings (SSSR count). The van der Waals surface area contributed by atoms with Gasteiger partial charge in [0.05, 0.1) is 13.2 Å². The van der Waals surface area contributed by atoms with E-state index in [1.807, 2.05) is 48.5 Å². The zero-order valence-electron chi connectivity index (χ0n) is 26.7. The van der Waals surface area contributed by atoms with E-state index in [4.69, 9.17) is 18.3 Å². The van der Waals surface area contributed by atoms with Gasteiger partial charge in [-0.2, -0.15) is 0 Å². The quantitative estimate of drug-likeness (QED) is 0.139. The number of aromatic nitrogens is 4. The van der Waals surface area contributed by atoms with E-state index in [0.29, 0.717) is 11.1 Å². The summed E-state index contributed by atoms with van der Waals surface area (Å²) in [5.74, 6) is 0.453. The maximum absolute atomic E-state index is 11.5. The van der Waals surface area contributed by atoms with Crippen LogP contribution in [0.25, 0.3) is 22.9 Å². The highest BCUT2D eigenvalue weighted by Gasteiger charge is 2.40. The van der Waals surface area contributed by atoms with E-state index in [-0.39, 0.29) is 47.6 Å². The van der Waals surface area contributed by atoms with Gasteiger partial charge in [0.15, 0.2) is 12.2 Å². The zero-order chi connectivity index (χ0) is 33.5. The molecule has 2 aromatic carbocycles. The van der Waals surface area contributed by atoms with Crippen LogP contribution in [0.3, 0.4) is 0 Å². The average Bonchev–Trinajstić information content (AvgIpc) is 3.71. The van der Waals surface area contributed by atoms with Crippen molar-refractivity contribution in [2.24, 2.45) is 0 Å². The lowest BCUT2D eigenvalue weighted by molar-refractivity contribution is -0.145. The molecule has 0 aliphatic heterocycles. The standard InChI is InChI=1S/C34H40Br2N4O6/c1-33(2,3)23-13-9-21(10-14-23)29-37-39-31(45-29)27(43-19-7-17-35)25(41)26(42)28(44-20-8-18-36)32-40-38-30(46-32)22-11-15-24(16-12-22)34(4,5)6/h7-18,25-28,41-42H,19-20H2,1-6H3/b17-7+,18-8+/t25-,26-,27-,28-/m1/s1. The number of hydrogen-bond donors (Lipinski definition) is 2. The second kappa shape index (κ2) is 15.7. The first-order valence-corrected chi connectivity index (χ1v) is 16.6. The second-order valence-electron chi connectivity index (χ2n) is 12.8. The molecule has 4 aromatic rings. The Kier molecular flexibility index (Phi) is 12.3. The lowest BCUT2D eigenvalue weighted by Crippen LogP contribution is -2.39. The molecule has 46 heavy (non-hydrogen) atoms. The zero-order valence-corrected chi connectivity index (χ0v) is 29.9. The summed E-state index contributed by atoms with van der Waals surface area (Å²) >= 11 is 6.44. The number of nitrogens with zero attached hydrogens (tertiary/aromatic N) is 4. The van der Waals surface area contributed by atoms with Gasteiger partial charge in [-0.25, -0.2) is 0 Å². The third-order valence-corrected chi connectivity index (χ3v) is 8.00. The molecule has 0 radical (unpaired) electrons. The van der Waals surface area contributed by atoms with Crippen molar-refractivity contribution in [1.29, 1.82) is 0 Å². The van der Waals surface area contributed by atoms with Crippen LogP contribution in [0.15, 0.2) is 79.5 Å². The predicted molar refractivity (Wildman–Crippen MR) is 182 cm³/mol. The number of aliphatic hydroxyl groups is 2. The van der Waals surface area contributed by atoms with Crippen LogP contribution >= 0.6 is 31.9 Å². The fourth-order valence-corrected chi connectivity index (χ4v) is 4.84. The molecule has 0 spiro atoms. The first-order chi connectivity index (χ1) is 21.8. The maximum atomic E-state index is 11.5. The third-order valence-electron chi connectivity index (χ3n) is 7.26. The van der Waals surface area contributed by atoms with Crippen molar-refractivity contribution in [3.63, 3.8) is 0 Å². The van der Waals surface area contributed by atoms with E-state index < -0.39 is 24.4 Å². The Morgan fingerprint density at radius 1 is 0.630 bits per heavy atom. The van der Waals surface area contributed by atoms with Crippen LogP contribution < -0.4 is 0 Å². The van der Waals surface area contributed by atoms with Crippen molar-refractivity contribution in [3.05, 3.63) is 93.6 Å². The summed E-state index contributed by atoms with van der Waals surface area (Å²) in [7, 11) is 0. The SMILES string of the molecule is CC(C)(C)c1ccc(-c2nnc([C@H](OC/C=C/Br)[C@H](O)[C@@H](O)[C@@H](OC/C=C/Br)c3nnc(-c4ccc(C(C)(C)C)cc4)o3)o2)cc1. The Labute approximate surface area is 286 Å². The largest absolute Gasteiger partial charge is 0.418 e. The molecular formula is C34H40Br2N4O6. The molecule has 246 valence electrons. The molecule has 10 nitrogen and oxygen atoms in total. The van der Waals surface area contributed by atoms with Crippen LogP contribution in [0.2, 0.25) is 0 Å². The van der Waals surface area contributed by atoms with Crippen molar-refractivity contribution < 1.29 is 28.5 Å². The van der Waals surface area contributed by atoms with Gasteiger partial charge < -0.3 is 28.5 Å². The average molecular weight is 761 g/mol. The summed E-state index contributed by atoms with van der Waals surface area (Å²) in [4.78, 5) is 3.24. The summed E-state index contributed by atoms with van der Waals surface area (Å²) in [6, 6.07) is 15.6. The molecule has 0 bridgehead atoms. The van der Waals surface area contributed by atoms with Gasteiger partial charge in [-0.05, 0) is 56.2 Å². The molecule has 2 N–H and O–H groups in total. The Morgan fingerprint density at radius 3 is 1.28 bits per heavy atom. The molecule has 12 heteroatoms. The van der Waals surface area contributed by atoms with Crippen molar-refractivity contribution in [2.45, 2.75) is 76.8 Å². The van der Waals surface area contributed by atoms with Crippen molar-refractivity contribution in [2.75, 3.05) is 13.2 Å². The summed E-state index contributed by atoms with van der Waals surface area (Å²) in [5.41, 5.74) is 3.70. The highest BCUT2D eigenvalue weighted by molar-refractivity contribution is 9.11. The molecule has 2 aromatic heterocycles. The van der Waals surface area contributed by atoms with E-state index in [1.165, 1.54) is 0 Å². The van der Waals surface area contributed by atoms with Gasteiger partial charge in [-0.3, -0.25) is 0 Å². The van der Waals surface area contributed by atoms with Crippen molar-refractivity contribution >= 4 is 31.9 Å². The van der Waals surface area contributed by atoms with Crippen LogP contribution in [-0.4, -0.2) is 56.0 Å². The van der Waals surface area contributed by atoms with Crippen LogP contribution in [-0.2, 0) is 20.3 Å². The van der Waals surface area contributed by atoms with Crippen LogP contribution in [0.4, 0.5) is 0 Å². The number of hydrogen-bond acceptors (Lipinski definition) is 10. The molecule has 0 saturated carbocycles. The Morgan fingerprint density at radius 2 is 0.978 bits per heavy atom. The first kappa shape index (κ1) is 35.8. The smallest absolute Gasteiger partial charge is 0.248 e. The minimum Gasteiger partial charge on any atom is -0.418 e. The van der Waals surface area contributed by atoms with Crippen molar-refractivity contribution in [3.8, 4) is 22.9 Å². The van der Waals surface area contributed by atoms with E-state index in [9.17, 15) is 10.2 Å². The minimum atomic E-state index is -1.60. The highest BCUT2D eigenvalue weighted by Crippen LogP contribution is 2.34. The number of ether oxygens (including phenoxy) is 2. The fourth-order valence-electron chi connectivity index (χ4n) is 4.54. The summed E-state index contributed by atoms with van der Waals surface area (Å²) in [5, 5.41) is 39.7. The number of aliphatic hydroxyl groups excluding tert-OH is 2. The summed E-state index contributed by atoms with van der Waals surface area (Å²) in [6.45, 7) is 13.0. The Balaban J connectivity index is 1.61. The van der Waals surface area contributed by atoms with E-state index in [2.05, 4.69) is 93.8 Å². The maximum Gasteiger partial charge on any atom is 0.248 e. The van der Waals surface area contributed by atoms with Gasteiger partial charge >= 0.3 is 0 Å². The Hall–Kier alpha value is -3.00. The van der Waals surface area contributed by atoms with Crippen molar-refractivity contribution in [1.82, 2.24) is 20.4 Å². The minimum absolute atomic E-state index is 0.0143. The van der Waals surface area contributed by atoms with E-state index in [1.54, 1.807) is 22.1 Å². The molecule has 0 saturated heterocycles. The molecule has 0 unspecified atom stereocenters. The van der Waals surface area contributed by atoms with Gasteiger partial charge in [0.1, 0.15) is 12.2 Å². The van der Waals surface area contributed by atoms with Crippen LogP contribution in [0, 0.1) is 0 Å². The number of benzene rings is 2. The molecular weight excluding hydrogens is 720 g/mol. The molecule has 2 heterocycles. The van der Waals surface area contributed by atoms with Gasteiger partial charge in [-0.1, -0.05) is 110 Å². The lowest BCUT2D eigenvalue weighted by Gasteiger charge is -2.28. The van der Waals surface area contributed by atoms with Gasteiger partial charge in [-0.15, -0.1) is 20.4 Å². The highest BCUT2D eigenvalue weighted by atomic mass is 79.9. The number of rotatable bonds is 13. The molecule has 0 fully saturated rings. The van der Waals surface area contributed by atoms with Gasteiger partial charge in [0.2, 0.25) is 23.6 Å². The summed E-state index contributed by atoms with van der Waals surface area (Å²) < 4.78 is 23.8. The predicted octanol–water partition coefficient (Wildman–Crippen LogP) is 7.74. The second-order valence-corrected chi connectivity index (χ2v) is 13.8. The lowest BCUT2D eigenvalue weighted by atomic mass is 9.87. The van der Waals surface area contributed by atoms with Gasteiger partial charge in [0.25, 0.3) is 0 Å². The monoisotopic (exact) mass is 758 g/mol.